The summed E-state index contributed by atoms with van der Waals surface area (Å²) in [7, 11) is 0. The van der Waals surface area contributed by atoms with E-state index in [1.165, 1.54) is 0 Å². The molecule has 124 valence electrons. The minimum absolute atomic E-state index is 0.124. The molecule has 0 spiro atoms. The van der Waals surface area contributed by atoms with E-state index in [0.29, 0.717) is 12.5 Å². The van der Waals surface area contributed by atoms with Crippen molar-refractivity contribution in [3.8, 4) is 0 Å². The van der Waals surface area contributed by atoms with Crippen molar-refractivity contribution in [3.63, 3.8) is 0 Å². The zero-order valence-electron chi connectivity index (χ0n) is 13.6. The Morgan fingerprint density at radius 3 is 2.18 bits per heavy atom. The number of amides is 2. The number of rotatable bonds is 4. The van der Waals surface area contributed by atoms with Crippen molar-refractivity contribution in [2.45, 2.75) is 19.8 Å². The van der Waals surface area contributed by atoms with E-state index in [1.807, 2.05) is 9.80 Å². The molecular weight excluding hydrogens is 280 g/mol. The highest BCUT2D eigenvalue weighted by atomic mass is 16.2. The second-order valence-corrected chi connectivity index (χ2v) is 6.90. The van der Waals surface area contributed by atoms with Gasteiger partial charge in [-0.1, -0.05) is 6.92 Å². The third-order valence-electron chi connectivity index (χ3n) is 5.41. The van der Waals surface area contributed by atoms with Gasteiger partial charge < -0.3 is 15.1 Å². The van der Waals surface area contributed by atoms with Gasteiger partial charge in [-0.2, -0.15) is 0 Å². The lowest BCUT2D eigenvalue weighted by molar-refractivity contribution is -0.139. The van der Waals surface area contributed by atoms with Crippen LogP contribution in [-0.2, 0) is 9.59 Å². The Balaban J connectivity index is 1.41. The van der Waals surface area contributed by atoms with Crippen molar-refractivity contribution >= 4 is 11.8 Å². The average molecular weight is 308 g/mol. The van der Waals surface area contributed by atoms with Gasteiger partial charge in [0.1, 0.15) is 0 Å². The van der Waals surface area contributed by atoms with Crippen LogP contribution in [0, 0.1) is 11.8 Å². The summed E-state index contributed by atoms with van der Waals surface area (Å²) < 4.78 is 0. The number of nitrogens with zero attached hydrogens (tertiary/aromatic N) is 3. The van der Waals surface area contributed by atoms with E-state index in [0.717, 1.165) is 65.2 Å². The Bertz CT molecular complexity index is 410. The molecule has 1 N–H and O–H groups in total. The van der Waals surface area contributed by atoms with Crippen LogP contribution in [0.25, 0.3) is 0 Å². The second-order valence-electron chi connectivity index (χ2n) is 6.90. The van der Waals surface area contributed by atoms with E-state index in [-0.39, 0.29) is 17.7 Å². The second kappa shape index (κ2) is 6.96. The number of carbonyl (C=O) groups is 2. The zero-order chi connectivity index (χ0) is 15.5. The van der Waals surface area contributed by atoms with Crippen molar-refractivity contribution < 1.29 is 9.59 Å². The molecule has 6 heteroatoms. The molecule has 0 aromatic rings. The Labute approximate surface area is 132 Å². The minimum Gasteiger partial charge on any atom is -0.342 e. The third-order valence-corrected chi connectivity index (χ3v) is 5.41. The summed E-state index contributed by atoms with van der Waals surface area (Å²) in [5.74, 6) is 1.17. The third kappa shape index (κ3) is 3.43. The van der Waals surface area contributed by atoms with Crippen LogP contribution in [0.4, 0.5) is 0 Å². The number of carbonyl (C=O) groups excluding carboxylic acids is 2. The molecule has 22 heavy (non-hydrogen) atoms. The quantitative estimate of drug-likeness (QED) is 0.768. The Hall–Kier alpha value is -1.14. The van der Waals surface area contributed by atoms with Gasteiger partial charge >= 0.3 is 0 Å². The standard InChI is InChI=1S/C16H28N4O2/c1-13(14-10-17-11-14)16(22)20-8-6-18(7-9-20)12-15(21)19-4-2-3-5-19/h13-14,17H,2-12H2,1H3. The molecule has 3 rings (SSSR count). The minimum atomic E-state index is 0.124. The van der Waals surface area contributed by atoms with Crippen molar-refractivity contribution in [2.75, 3.05) is 58.9 Å². The normalized spacial score (nSPS) is 25.1. The molecule has 3 aliphatic rings. The maximum Gasteiger partial charge on any atom is 0.236 e. The Kier molecular flexibility index (Phi) is 4.98. The summed E-state index contributed by atoms with van der Waals surface area (Å²) in [4.78, 5) is 30.8. The van der Waals surface area contributed by atoms with Gasteiger partial charge in [0.05, 0.1) is 6.54 Å². The van der Waals surface area contributed by atoms with Crippen LogP contribution in [0.15, 0.2) is 0 Å². The fourth-order valence-electron chi connectivity index (χ4n) is 3.54. The molecule has 3 heterocycles. The molecule has 1 atom stereocenters. The fourth-order valence-corrected chi connectivity index (χ4v) is 3.54. The number of nitrogens with one attached hydrogen (secondary N) is 1. The molecule has 3 saturated heterocycles. The van der Waals surface area contributed by atoms with Crippen LogP contribution < -0.4 is 5.32 Å². The molecule has 2 amide bonds. The largest absolute Gasteiger partial charge is 0.342 e. The molecule has 0 radical (unpaired) electrons. The summed E-state index contributed by atoms with van der Waals surface area (Å²) in [6.45, 7) is 9.51. The van der Waals surface area contributed by atoms with E-state index in [1.54, 1.807) is 0 Å². The van der Waals surface area contributed by atoms with Gasteiger partial charge in [0, 0.05) is 45.2 Å². The van der Waals surface area contributed by atoms with Gasteiger partial charge in [-0.25, -0.2) is 0 Å². The molecule has 0 saturated carbocycles. The van der Waals surface area contributed by atoms with Crippen LogP contribution in [0.5, 0.6) is 0 Å². The molecular formula is C16H28N4O2. The predicted octanol–water partition coefficient (Wildman–Crippen LogP) is -0.391. The lowest BCUT2D eigenvalue weighted by Crippen LogP contribution is -2.55. The van der Waals surface area contributed by atoms with Crippen LogP contribution >= 0.6 is 0 Å². The van der Waals surface area contributed by atoms with Crippen molar-refractivity contribution in [3.05, 3.63) is 0 Å². The van der Waals surface area contributed by atoms with E-state index in [4.69, 9.17) is 0 Å². The van der Waals surface area contributed by atoms with Gasteiger partial charge in [0.25, 0.3) is 0 Å². The first-order valence-electron chi connectivity index (χ1n) is 8.65. The summed E-state index contributed by atoms with van der Waals surface area (Å²) in [5.41, 5.74) is 0. The summed E-state index contributed by atoms with van der Waals surface area (Å²) in [6.07, 6.45) is 2.28. The van der Waals surface area contributed by atoms with E-state index in [2.05, 4.69) is 17.1 Å². The number of hydrogen-bond acceptors (Lipinski definition) is 4. The highest BCUT2D eigenvalue weighted by molar-refractivity contribution is 5.80. The van der Waals surface area contributed by atoms with Crippen molar-refractivity contribution in [1.82, 2.24) is 20.0 Å². The van der Waals surface area contributed by atoms with Gasteiger partial charge in [-0.15, -0.1) is 0 Å². The van der Waals surface area contributed by atoms with Crippen molar-refractivity contribution in [1.29, 1.82) is 0 Å². The smallest absolute Gasteiger partial charge is 0.236 e. The predicted molar refractivity (Wildman–Crippen MR) is 84.4 cm³/mol. The molecule has 0 bridgehead atoms. The number of piperazine rings is 1. The first-order chi connectivity index (χ1) is 10.6. The highest BCUT2D eigenvalue weighted by Crippen LogP contribution is 2.19. The van der Waals surface area contributed by atoms with Crippen LogP contribution in [0.2, 0.25) is 0 Å². The highest BCUT2D eigenvalue weighted by Gasteiger charge is 2.33. The summed E-state index contributed by atoms with van der Waals surface area (Å²) in [6, 6.07) is 0. The molecule has 0 aliphatic carbocycles. The maximum atomic E-state index is 12.5. The first-order valence-corrected chi connectivity index (χ1v) is 8.65. The first kappa shape index (κ1) is 15.7. The van der Waals surface area contributed by atoms with Crippen molar-refractivity contribution in [2.24, 2.45) is 11.8 Å². The molecule has 0 aromatic carbocycles. The SMILES string of the molecule is CC(C(=O)N1CCN(CC(=O)N2CCCC2)CC1)C1CNC1. The molecule has 0 aromatic heterocycles. The fraction of sp³-hybridized carbons (Fsp3) is 0.875. The number of hydrogen-bond donors (Lipinski definition) is 1. The van der Waals surface area contributed by atoms with Crippen LogP contribution in [0.3, 0.4) is 0 Å². The van der Waals surface area contributed by atoms with E-state index >= 15 is 0 Å². The molecule has 3 aliphatic heterocycles. The van der Waals surface area contributed by atoms with Gasteiger partial charge in [0.15, 0.2) is 0 Å². The van der Waals surface area contributed by atoms with E-state index in [9.17, 15) is 9.59 Å². The maximum absolute atomic E-state index is 12.5. The molecule has 1 unspecified atom stereocenters. The molecule has 6 nitrogen and oxygen atoms in total. The van der Waals surface area contributed by atoms with Gasteiger partial charge in [-0.3, -0.25) is 14.5 Å². The van der Waals surface area contributed by atoms with Gasteiger partial charge in [-0.05, 0) is 31.8 Å². The molecule has 3 fully saturated rings. The Morgan fingerprint density at radius 1 is 1.00 bits per heavy atom. The van der Waals surface area contributed by atoms with E-state index < -0.39 is 0 Å². The topological polar surface area (TPSA) is 55.9 Å². The average Bonchev–Trinajstić information content (AvgIpc) is 2.99. The summed E-state index contributed by atoms with van der Waals surface area (Å²) in [5, 5.41) is 3.23. The Morgan fingerprint density at radius 2 is 1.64 bits per heavy atom. The monoisotopic (exact) mass is 308 g/mol. The van der Waals surface area contributed by atoms with Crippen LogP contribution in [-0.4, -0.2) is 85.4 Å². The summed E-state index contributed by atoms with van der Waals surface area (Å²) >= 11 is 0. The lowest BCUT2D eigenvalue weighted by Gasteiger charge is -2.39. The van der Waals surface area contributed by atoms with Crippen LogP contribution in [0.1, 0.15) is 19.8 Å². The zero-order valence-corrected chi connectivity index (χ0v) is 13.6. The van der Waals surface area contributed by atoms with Gasteiger partial charge in [0.2, 0.25) is 11.8 Å². The number of likely N-dealkylation sites (tertiary alicyclic amines) is 1. The lowest BCUT2D eigenvalue weighted by atomic mass is 9.88.